The molecule has 1 aromatic carbocycles. The van der Waals surface area contributed by atoms with Crippen LogP contribution in [0.4, 0.5) is 4.79 Å². The maximum Gasteiger partial charge on any atom is 0.408 e. The Morgan fingerprint density at radius 2 is 1.92 bits per heavy atom. The number of unbranched alkanes of at least 4 members (excludes halogenated alkanes) is 1. The lowest BCUT2D eigenvalue weighted by Gasteiger charge is -2.19. The summed E-state index contributed by atoms with van der Waals surface area (Å²) in [6, 6.07) is 9.67. The van der Waals surface area contributed by atoms with Gasteiger partial charge in [-0.15, -0.1) is 0 Å². The van der Waals surface area contributed by atoms with Crippen LogP contribution in [0, 0.1) is 11.8 Å². The highest BCUT2D eigenvalue weighted by Crippen LogP contribution is 2.07. The number of hydrogen-bond acceptors (Lipinski definition) is 4. The topological polar surface area (TPSA) is 64.6 Å². The normalized spacial score (nSPS) is 12.0. The number of rotatable bonds is 6. The Balaban J connectivity index is 2.62. The average molecular weight is 357 g/mol. The van der Waals surface area contributed by atoms with Crippen LogP contribution < -0.4 is 5.32 Å². The van der Waals surface area contributed by atoms with Gasteiger partial charge in [0.05, 0.1) is 0 Å². The molecule has 0 heterocycles. The third-order valence-electron chi connectivity index (χ3n) is 2.92. The number of benzene rings is 1. The molecule has 0 fully saturated rings. The van der Waals surface area contributed by atoms with Crippen molar-refractivity contribution < 1.29 is 19.1 Å². The van der Waals surface area contributed by atoms with E-state index in [1.54, 1.807) is 26.8 Å². The summed E-state index contributed by atoms with van der Waals surface area (Å²) in [7, 11) is 0. The summed E-state index contributed by atoms with van der Waals surface area (Å²) in [5, 5.41) is 2.38. The zero-order chi connectivity index (χ0) is 19.4. The molecular weight excluding hydrogens is 330 g/mol. The zero-order valence-electron chi connectivity index (χ0n) is 15.9. The summed E-state index contributed by atoms with van der Waals surface area (Å²) in [5.41, 5.74) is 0.360. The van der Waals surface area contributed by atoms with E-state index in [9.17, 15) is 9.59 Å². The first-order valence-electron chi connectivity index (χ1n) is 8.68. The number of alkyl carbamates (subject to hydrolysis) is 1. The number of esters is 1. The molecule has 0 saturated carbocycles. The molecule has 0 aliphatic rings. The van der Waals surface area contributed by atoms with Crippen LogP contribution in [-0.2, 0) is 14.3 Å². The number of carbonyl (C=O) groups is 2. The molecule has 0 aliphatic heterocycles. The van der Waals surface area contributed by atoms with Gasteiger partial charge >= 0.3 is 12.1 Å². The van der Waals surface area contributed by atoms with E-state index in [1.165, 1.54) is 0 Å². The molecule has 140 valence electrons. The molecule has 0 bridgehead atoms. The minimum absolute atomic E-state index is 0.278. The van der Waals surface area contributed by atoms with E-state index < -0.39 is 23.8 Å². The molecule has 1 N–H and O–H groups in total. The molecule has 1 amide bonds. The molecule has 1 rings (SSSR count). The second-order valence-electron chi connectivity index (χ2n) is 6.61. The number of hydrogen-bond donors (Lipinski definition) is 1. The first kappa shape index (κ1) is 21.3. The van der Waals surface area contributed by atoms with E-state index in [1.807, 2.05) is 43.3 Å². The largest absolute Gasteiger partial charge is 0.444 e. The predicted molar refractivity (Wildman–Crippen MR) is 102 cm³/mol. The monoisotopic (exact) mass is 357 g/mol. The Hall–Kier alpha value is -2.74. The van der Waals surface area contributed by atoms with Crippen LogP contribution in [-0.4, -0.2) is 30.3 Å². The second-order valence-corrected chi connectivity index (χ2v) is 6.61. The van der Waals surface area contributed by atoms with E-state index >= 15 is 0 Å². The van der Waals surface area contributed by atoms with Crippen molar-refractivity contribution in [2.24, 2.45) is 0 Å². The summed E-state index contributed by atoms with van der Waals surface area (Å²) < 4.78 is 10.4. The van der Waals surface area contributed by atoms with Crippen LogP contribution in [0.5, 0.6) is 0 Å². The number of amides is 1. The lowest BCUT2D eigenvalue weighted by molar-refractivity contribution is -0.143. The standard InChI is InChI=1S/C21H27NO4/c1-5-6-8-13-18(15-14-17-11-9-7-10-12-17)25-19(23)16-22-20(24)26-21(2,3)4/h7,9-12,14-15,18H,5-6,16H2,1-4H3,(H,22,24)/b15-14+. The van der Waals surface area contributed by atoms with Crippen molar-refractivity contribution in [1.82, 2.24) is 5.32 Å². The molecule has 0 aromatic heterocycles. The Morgan fingerprint density at radius 3 is 2.54 bits per heavy atom. The van der Waals surface area contributed by atoms with E-state index in [4.69, 9.17) is 9.47 Å². The average Bonchev–Trinajstić information content (AvgIpc) is 2.57. The maximum absolute atomic E-state index is 12.0. The third-order valence-corrected chi connectivity index (χ3v) is 2.92. The number of nitrogens with one attached hydrogen (secondary N) is 1. The minimum Gasteiger partial charge on any atom is -0.444 e. The Morgan fingerprint density at radius 1 is 1.23 bits per heavy atom. The fraction of sp³-hybridized carbons (Fsp3) is 0.429. The van der Waals surface area contributed by atoms with Crippen molar-refractivity contribution in [2.75, 3.05) is 6.54 Å². The quantitative estimate of drug-likeness (QED) is 0.619. The summed E-state index contributed by atoms with van der Waals surface area (Å²) in [6.45, 7) is 7.00. The Kier molecular flexibility index (Phi) is 9.00. The van der Waals surface area contributed by atoms with Crippen LogP contribution in [0.15, 0.2) is 36.4 Å². The molecule has 1 unspecified atom stereocenters. The van der Waals surface area contributed by atoms with E-state index in [0.29, 0.717) is 0 Å². The van der Waals surface area contributed by atoms with Gasteiger partial charge in [0.2, 0.25) is 0 Å². The summed E-state index contributed by atoms with van der Waals surface area (Å²) in [6.07, 6.45) is 3.89. The van der Waals surface area contributed by atoms with Crippen molar-refractivity contribution in [1.29, 1.82) is 0 Å². The highest BCUT2D eigenvalue weighted by atomic mass is 16.6. The Labute approximate surface area is 155 Å². The van der Waals surface area contributed by atoms with Crippen molar-refractivity contribution in [3.8, 4) is 11.8 Å². The predicted octanol–water partition coefficient (Wildman–Crippen LogP) is 3.94. The molecule has 1 atom stereocenters. The van der Waals surface area contributed by atoms with Crippen molar-refractivity contribution in [3.05, 3.63) is 42.0 Å². The van der Waals surface area contributed by atoms with Crippen LogP contribution >= 0.6 is 0 Å². The Bertz CT molecular complexity index is 663. The van der Waals surface area contributed by atoms with Crippen molar-refractivity contribution >= 4 is 18.1 Å². The summed E-state index contributed by atoms with van der Waals surface area (Å²) >= 11 is 0. The van der Waals surface area contributed by atoms with Crippen LogP contribution in [0.1, 0.15) is 46.1 Å². The van der Waals surface area contributed by atoms with Crippen molar-refractivity contribution in [3.63, 3.8) is 0 Å². The fourth-order valence-corrected chi connectivity index (χ4v) is 1.82. The van der Waals surface area contributed by atoms with Gasteiger partial charge in [-0.25, -0.2) is 4.79 Å². The summed E-state index contributed by atoms with van der Waals surface area (Å²) in [5.74, 6) is 5.33. The van der Waals surface area contributed by atoms with Crippen molar-refractivity contribution in [2.45, 2.75) is 52.2 Å². The first-order chi connectivity index (χ1) is 12.3. The van der Waals surface area contributed by atoms with E-state index in [0.717, 1.165) is 18.4 Å². The first-order valence-corrected chi connectivity index (χ1v) is 8.68. The zero-order valence-corrected chi connectivity index (χ0v) is 15.9. The van der Waals surface area contributed by atoms with Gasteiger partial charge in [-0.1, -0.05) is 55.2 Å². The molecule has 1 aromatic rings. The van der Waals surface area contributed by atoms with Gasteiger partial charge in [0.25, 0.3) is 0 Å². The maximum atomic E-state index is 12.0. The molecule has 5 nitrogen and oxygen atoms in total. The molecular formula is C21H27NO4. The van der Waals surface area contributed by atoms with Crippen LogP contribution in [0.25, 0.3) is 6.08 Å². The lowest BCUT2D eigenvalue weighted by atomic mass is 10.2. The smallest absolute Gasteiger partial charge is 0.408 e. The highest BCUT2D eigenvalue weighted by molar-refractivity contribution is 5.78. The van der Waals surface area contributed by atoms with Gasteiger partial charge in [-0.3, -0.25) is 4.79 Å². The highest BCUT2D eigenvalue weighted by Gasteiger charge is 2.17. The minimum atomic E-state index is -0.672. The molecule has 26 heavy (non-hydrogen) atoms. The van der Waals surface area contributed by atoms with Gasteiger partial charge in [-0.05, 0) is 38.8 Å². The van der Waals surface area contributed by atoms with E-state index in [2.05, 4.69) is 17.2 Å². The van der Waals surface area contributed by atoms with Crippen LogP contribution in [0.2, 0.25) is 0 Å². The lowest BCUT2D eigenvalue weighted by Crippen LogP contribution is -2.36. The molecule has 0 saturated heterocycles. The van der Waals surface area contributed by atoms with Gasteiger partial charge in [0.1, 0.15) is 12.1 Å². The third kappa shape index (κ3) is 10.2. The summed E-state index contributed by atoms with van der Waals surface area (Å²) in [4.78, 5) is 23.6. The van der Waals surface area contributed by atoms with Gasteiger partial charge in [-0.2, -0.15) is 0 Å². The van der Waals surface area contributed by atoms with E-state index in [-0.39, 0.29) is 6.54 Å². The molecule has 0 aliphatic carbocycles. The van der Waals surface area contributed by atoms with Gasteiger partial charge in [0, 0.05) is 6.42 Å². The molecule has 0 spiro atoms. The van der Waals surface area contributed by atoms with Gasteiger partial charge in [0.15, 0.2) is 6.10 Å². The fourth-order valence-electron chi connectivity index (χ4n) is 1.82. The number of ether oxygens (including phenoxy) is 2. The SMILES string of the molecule is CCCC#CC(/C=C/c1ccccc1)OC(=O)CNC(=O)OC(C)(C)C. The molecule has 5 heteroatoms. The van der Waals surface area contributed by atoms with Crippen LogP contribution in [0.3, 0.4) is 0 Å². The number of carbonyl (C=O) groups excluding carboxylic acids is 2. The second kappa shape index (κ2) is 11.0. The molecule has 0 radical (unpaired) electrons. The van der Waals surface area contributed by atoms with Gasteiger partial charge < -0.3 is 14.8 Å².